The molecule has 0 aromatic rings. The van der Waals surface area contributed by atoms with Crippen LogP contribution < -0.4 is 10.8 Å². The number of rotatable bonds is 3. The summed E-state index contributed by atoms with van der Waals surface area (Å²) in [6.45, 7) is 2.24. The van der Waals surface area contributed by atoms with Gasteiger partial charge in [0.05, 0.1) is 0 Å². The van der Waals surface area contributed by atoms with E-state index in [2.05, 4.69) is 12.2 Å². The van der Waals surface area contributed by atoms with Crippen LogP contribution in [-0.2, 0) is 4.79 Å². The maximum absolute atomic E-state index is 11.1. The van der Waals surface area contributed by atoms with Gasteiger partial charge in [0, 0.05) is 12.0 Å². The van der Waals surface area contributed by atoms with Crippen LogP contribution in [0.25, 0.3) is 0 Å². The molecule has 1 aliphatic carbocycles. The smallest absolute Gasteiger partial charge is 0.245 e. The van der Waals surface area contributed by atoms with E-state index in [0.717, 1.165) is 31.6 Å². The van der Waals surface area contributed by atoms with Gasteiger partial charge in [0.25, 0.3) is 0 Å². The van der Waals surface area contributed by atoms with E-state index in [1.54, 1.807) is 5.48 Å². The first-order valence-electron chi connectivity index (χ1n) is 5.24. The number of carbonyl (C=O) groups is 1. The molecule has 82 valence electrons. The zero-order valence-corrected chi connectivity index (χ0v) is 8.97. The van der Waals surface area contributed by atoms with Gasteiger partial charge in [-0.15, -0.1) is 0 Å². The fourth-order valence-corrected chi connectivity index (χ4v) is 2.18. The van der Waals surface area contributed by atoms with Crippen molar-refractivity contribution in [3.8, 4) is 0 Å². The largest absolute Gasteiger partial charge is 0.314 e. The van der Waals surface area contributed by atoms with E-state index in [1.807, 2.05) is 7.05 Å². The van der Waals surface area contributed by atoms with Gasteiger partial charge in [0.15, 0.2) is 0 Å². The van der Waals surface area contributed by atoms with E-state index in [9.17, 15) is 4.79 Å². The Morgan fingerprint density at radius 3 is 2.50 bits per heavy atom. The van der Waals surface area contributed by atoms with Crippen LogP contribution in [0.1, 0.15) is 39.0 Å². The molecule has 3 N–H and O–H groups in total. The highest BCUT2D eigenvalue weighted by Crippen LogP contribution is 2.33. The molecule has 0 bridgehead atoms. The summed E-state index contributed by atoms with van der Waals surface area (Å²) < 4.78 is 0. The summed E-state index contributed by atoms with van der Waals surface area (Å²) >= 11 is 0. The van der Waals surface area contributed by atoms with Crippen molar-refractivity contribution < 1.29 is 10.0 Å². The van der Waals surface area contributed by atoms with E-state index in [4.69, 9.17) is 5.21 Å². The topological polar surface area (TPSA) is 61.4 Å². The predicted octanol–water partition coefficient (Wildman–Crippen LogP) is 1.05. The summed E-state index contributed by atoms with van der Waals surface area (Å²) in [5.41, 5.74) is 1.61. The van der Waals surface area contributed by atoms with E-state index >= 15 is 0 Å². The summed E-state index contributed by atoms with van der Waals surface area (Å²) in [6, 6.07) is 0. The number of carbonyl (C=O) groups excluding carboxylic acids is 1. The molecule has 0 radical (unpaired) electrons. The van der Waals surface area contributed by atoms with Crippen LogP contribution in [0.15, 0.2) is 0 Å². The average molecular weight is 200 g/mol. The molecule has 1 amide bonds. The molecule has 0 aromatic carbocycles. The molecule has 14 heavy (non-hydrogen) atoms. The Kier molecular flexibility index (Phi) is 3.89. The van der Waals surface area contributed by atoms with Crippen LogP contribution in [0.5, 0.6) is 0 Å². The third-order valence-corrected chi connectivity index (χ3v) is 3.39. The molecule has 4 nitrogen and oxygen atoms in total. The zero-order valence-electron chi connectivity index (χ0n) is 8.97. The first-order chi connectivity index (χ1) is 6.62. The Labute approximate surface area is 85.0 Å². The van der Waals surface area contributed by atoms with Crippen molar-refractivity contribution in [2.24, 2.45) is 5.92 Å². The number of hydroxylamine groups is 1. The normalized spacial score (nSPS) is 32.6. The lowest BCUT2D eigenvalue weighted by atomic mass is 9.75. The van der Waals surface area contributed by atoms with Crippen molar-refractivity contribution >= 4 is 5.91 Å². The summed E-state index contributed by atoms with van der Waals surface area (Å²) in [5, 5.41) is 11.7. The third-order valence-electron chi connectivity index (χ3n) is 3.39. The monoisotopic (exact) mass is 200 g/mol. The molecule has 1 fully saturated rings. The van der Waals surface area contributed by atoms with E-state index in [1.165, 1.54) is 0 Å². The second-order valence-corrected chi connectivity index (χ2v) is 4.42. The fourth-order valence-electron chi connectivity index (χ4n) is 2.18. The molecule has 0 aliphatic heterocycles. The minimum absolute atomic E-state index is 0.0979. The van der Waals surface area contributed by atoms with Crippen molar-refractivity contribution in [2.45, 2.75) is 44.6 Å². The van der Waals surface area contributed by atoms with Crippen LogP contribution in [0, 0.1) is 5.92 Å². The standard InChI is InChI=1S/C10H20N2O2/c1-8-3-5-10(11-2,6-4-8)7-9(13)12-14/h8,11,14H,3-7H2,1-2H3,(H,12,13). The van der Waals surface area contributed by atoms with Gasteiger partial charge in [-0.1, -0.05) is 6.92 Å². The molecular weight excluding hydrogens is 180 g/mol. The second kappa shape index (κ2) is 4.75. The van der Waals surface area contributed by atoms with Gasteiger partial charge in [0.2, 0.25) is 5.91 Å². The second-order valence-electron chi connectivity index (χ2n) is 4.42. The van der Waals surface area contributed by atoms with Crippen molar-refractivity contribution in [3.63, 3.8) is 0 Å². The van der Waals surface area contributed by atoms with Gasteiger partial charge in [-0.2, -0.15) is 0 Å². The number of nitrogens with one attached hydrogen (secondary N) is 2. The van der Waals surface area contributed by atoms with Crippen molar-refractivity contribution in [2.75, 3.05) is 7.05 Å². The average Bonchev–Trinajstić information content (AvgIpc) is 2.22. The van der Waals surface area contributed by atoms with Gasteiger partial charge in [-0.05, 0) is 38.6 Å². The van der Waals surface area contributed by atoms with Gasteiger partial charge < -0.3 is 5.32 Å². The molecule has 0 unspecified atom stereocenters. The zero-order chi connectivity index (χ0) is 10.6. The minimum atomic E-state index is -0.297. The molecule has 1 aliphatic rings. The Morgan fingerprint density at radius 1 is 1.50 bits per heavy atom. The van der Waals surface area contributed by atoms with Crippen LogP contribution in [0.2, 0.25) is 0 Å². The van der Waals surface area contributed by atoms with Crippen molar-refractivity contribution in [1.82, 2.24) is 10.8 Å². The molecule has 4 heteroatoms. The molecule has 0 atom stereocenters. The van der Waals surface area contributed by atoms with Crippen LogP contribution >= 0.6 is 0 Å². The maximum Gasteiger partial charge on any atom is 0.245 e. The minimum Gasteiger partial charge on any atom is -0.314 e. The highest BCUT2D eigenvalue weighted by Gasteiger charge is 2.34. The summed E-state index contributed by atoms with van der Waals surface area (Å²) in [4.78, 5) is 11.1. The summed E-state index contributed by atoms with van der Waals surface area (Å²) in [7, 11) is 1.89. The number of amides is 1. The lowest BCUT2D eigenvalue weighted by Gasteiger charge is -2.38. The first-order valence-corrected chi connectivity index (χ1v) is 5.24. The van der Waals surface area contributed by atoms with Crippen LogP contribution in [0.3, 0.4) is 0 Å². The van der Waals surface area contributed by atoms with Crippen molar-refractivity contribution in [3.05, 3.63) is 0 Å². The Balaban J connectivity index is 2.54. The van der Waals surface area contributed by atoms with E-state index < -0.39 is 0 Å². The SMILES string of the molecule is CNC1(CC(=O)NO)CCC(C)CC1. The van der Waals surface area contributed by atoms with Crippen LogP contribution in [-0.4, -0.2) is 23.7 Å². The quantitative estimate of drug-likeness (QED) is 0.471. The predicted molar refractivity (Wildman–Crippen MR) is 54.0 cm³/mol. The van der Waals surface area contributed by atoms with Gasteiger partial charge in [0.1, 0.15) is 0 Å². The lowest BCUT2D eigenvalue weighted by molar-refractivity contribution is -0.131. The lowest BCUT2D eigenvalue weighted by Crippen LogP contribution is -2.48. The molecule has 0 heterocycles. The molecular formula is C10H20N2O2. The highest BCUT2D eigenvalue weighted by atomic mass is 16.5. The molecule has 0 aromatic heterocycles. The summed E-state index contributed by atoms with van der Waals surface area (Å²) in [5.74, 6) is 0.461. The van der Waals surface area contributed by atoms with Crippen molar-refractivity contribution in [1.29, 1.82) is 0 Å². The maximum atomic E-state index is 11.1. The Bertz CT molecular complexity index is 198. The fraction of sp³-hybridized carbons (Fsp3) is 0.900. The molecule has 0 saturated heterocycles. The molecule has 0 spiro atoms. The molecule has 1 saturated carbocycles. The Morgan fingerprint density at radius 2 is 2.07 bits per heavy atom. The number of hydrogen-bond donors (Lipinski definition) is 3. The van der Waals surface area contributed by atoms with Gasteiger partial charge >= 0.3 is 0 Å². The highest BCUT2D eigenvalue weighted by molar-refractivity contribution is 5.75. The number of hydrogen-bond acceptors (Lipinski definition) is 3. The van der Waals surface area contributed by atoms with E-state index in [0.29, 0.717) is 6.42 Å². The summed E-state index contributed by atoms with van der Waals surface area (Å²) in [6.07, 6.45) is 4.70. The molecule has 1 rings (SSSR count). The first kappa shape index (κ1) is 11.5. The third kappa shape index (κ3) is 2.69. The van der Waals surface area contributed by atoms with Gasteiger partial charge in [-0.25, -0.2) is 5.48 Å². The van der Waals surface area contributed by atoms with E-state index in [-0.39, 0.29) is 11.4 Å². The van der Waals surface area contributed by atoms with Gasteiger partial charge in [-0.3, -0.25) is 10.0 Å². The Hall–Kier alpha value is -0.610. The van der Waals surface area contributed by atoms with Crippen LogP contribution in [0.4, 0.5) is 0 Å².